The van der Waals surface area contributed by atoms with Crippen LogP contribution in [0, 0.1) is 0 Å². The number of benzene rings is 1. The van der Waals surface area contributed by atoms with E-state index >= 15 is 0 Å². The summed E-state index contributed by atoms with van der Waals surface area (Å²) in [6.07, 6.45) is 7.41. The lowest BCUT2D eigenvalue weighted by Gasteiger charge is -2.32. The Labute approximate surface area is 164 Å². The van der Waals surface area contributed by atoms with Gasteiger partial charge in [-0.3, -0.25) is 4.90 Å². The number of piperidine rings is 1. The van der Waals surface area contributed by atoms with Crippen molar-refractivity contribution in [3.05, 3.63) is 60.1 Å². The smallest absolute Gasteiger partial charge is 0.245 e. The summed E-state index contributed by atoms with van der Waals surface area (Å²) < 4.78 is 13.6. The van der Waals surface area contributed by atoms with Gasteiger partial charge >= 0.3 is 0 Å². The van der Waals surface area contributed by atoms with Crippen LogP contribution in [0.2, 0.25) is 0 Å². The van der Waals surface area contributed by atoms with E-state index in [4.69, 9.17) is 14.3 Å². The first-order chi connectivity index (χ1) is 13.9. The molecule has 28 heavy (non-hydrogen) atoms. The van der Waals surface area contributed by atoms with Crippen molar-refractivity contribution in [2.75, 3.05) is 13.2 Å². The topological polar surface area (TPSA) is 69.2 Å². The van der Waals surface area contributed by atoms with Gasteiger partial charge in [0.2, 0.25) is 11.8 Å². The van der Waals surface area contributed by atoms with Crippen LogP contribution in [0.1, 0.15) is 61.7 Å². The second-order valence-electron chi connectivity index (χ2n) is 7.55. The third-order valence-corrected chi connectivity index (χ3v) is 5.59. The summed E-state index contributed by atoms with van der Waals surface area (Å²) in [5.41, 5.74) is 2.12. The van der Waals surface area contributed by atoms with Crippen molar-refractivity contribution < 1.29 is 9.15 Å². The highest BCUT2D eigenvalue weighted by atomic mass is 16.5. The van der Waals surface area contributed by atoms with E-state index in [1.165, 1.54) is 12.8 Å². The molecule has 7 heteroatoms. The molecule has 2 aromatic heterocycles. The lowest BCUT2D eigenvalue weighted by atomic mass is 10.0. The molecule has 146 valence electrons. The van der Waals surface area contributed by atoms with E-state index in [0.29, 0.717) is 11.8 Å². The zero-order chi connectivity index (χ0) is 18.8. The van der Waals surface area contributed by atoms with Gasteiger partial charge in [-0.25, -0.2) is 4.68 Å². The van der Waals surface area contributed by atoms with Crippen molar-refractivity contribution in [2.45, 2.75) is 50.8 Å². The Morgan fingerprint density at radius 1 is 0.964 bits per heavy atom. The fraction of sp³-hybridized carbons (Fsp3) is 0.476. The normalized spacial score (nSPS) is 23.3. The highest BCUT2D eigenvalue weighted by Crippen LogP contribution is 2.34. The van der Waals surface area contributed by atoms with E-state index in [1.54, 1.807) is 0 Å². The molecule has 2 atom stereocenters. The molecular weight excluding hydrogens is 354 g/mol. The number of rotatable bonds is 5. The minimum absolute atomic E-state index is 0.0279. The Bertz CT molecular complexity index is 900. The average molecular weight is 379 g/mol. The number of nitrogens with zero attached hydrogens (tertiary/aromatic N) is 5. The molecular formula is C21H25N5O2. The minimum atomic E-state index is -0.0279. The average Bonchev–Trinajstić information content (AvgIpc) is 3.50. The molecule has 0 bridgehead atoms. The molecule has 5 rings (SSSR count). The van der Waals surface area contributed by atoms with E-state index in [2.05, 4.69) is 33.3 Å². The molecule has 0 radical (unpaired) electrons. The number of hydrogen-bond donors (Lipinski definition) is 0. The molecule has 2 aliphatic rings. The Morgan fingerprint density at radius 2 is 1.86 bits per heavy atom. The van der Waals surface area contributed by atoms with Crippen molar-refractivity contribution in [2.24, 2.45) is 0 Å². The van der Waals surface area contributed by atoms with E-state index in [0.717, 1.165) is 50.3 Å². The molecule has 4 heterocycles. The lowest BCUT2D eigenvalue weighted by Crippen LogP contribution is -2.33. The van der Waals surface area contributed by atoms with Crippen LogP contribution in [0.15, 0.2) is 47.0 Å². The molecule has 1 aromatic carbocycles. The van der Waals surface area contributed by atoms with Crippen molar-refractivity contribution >= 4 is 0 Å². The van der Waals surface area contributed by atoms with Crippen molar-refractivity contribution in [1.82, 2.24) is 24.9 Å². The van der Waals surface area contributed by atoms with Crippen molar-refractivity contribution in [3.63, 3.8) is 0 Å². The van der Waals surface area contributed by atoms with Crippen LogP contribution in [0.4, 0.5) is 0 Å². The summed E-state index contributed by atoms with van der Waals surface area (Å²) in [6, 6.07) is 12.4. The third kappa shape index (κ3) is 3.59. The Morgan fingerprint density at radius 3 is 2.71 bits per heavy atom. The Hall–Kier alpha value is -2.51. The largest absolute Gasteiger partial charge is 0.421 e. The number of para-hydroxylation sites is 1. The molecule has 2 saturated heterocycles. The Balaban J connectivity index is 1.32. The number of aromatic nitrogens is 4. The predicted octanol–water partition coefficient (Wildman–Crippen LogP) is 3.83. The third-order valence-electron chi connectivity index (χ3n) is 5.59. The molecule has 0 spiro atoms. The minimum Gasteiger partial charge on any atom is -0.421 e. The summed E-state index contributed by atoms with van der Waals surface area (Å²) in [5, 5.41) is 13.4. The van der Waals surface area contributed by atoms with Crippen molar-refractivity contribution in [1.29, 1.82) is 0 Å². The van der Waals surface area contributed by atoms with Gasteiger partial charge in [0.25, 0.3) is 0 Å². The zero-order valence-electron chi connectivity index (χ0n) is 15.9. The SMILES string of the molecule is c1ccc(-n2ccc(CN3CCCC[C@@H]3c3nnc([C@H]4CCCO4)o3)n2)cc1. The quantitative estimate of drug-likeness (QED) is 0.671. The maximum Gasteiger partial charge on any atom is 0.245 e. The van der Waals surface area contributed by atoms with Gasteiger partial charge in [-0.2, -0.15) is 5.10 Å². The monoisotopic (exact) mass is 379 g/mol. The van der Waals surface area contributed by atoms with Gasteiger partial charge in [0.15, 0.2) is 0 Å². The van der Waals surface area contributed by atoms with Gasteiger partial charge in [0.05, 0.1) is 17.4 Å². The summed E-state index contributed by atoms with van der Waals surface area (Å²) in [5.74, 6) is 1.35. The molecule has 0 aliphatic carbocycles. The maximum atomic E-state index is 6.04. The number of likely N-dealkylation sites (tertiary alicyclic amines) is 1. The van der Waals surface area contributed by atoms with Crippen LogP contribution in [-0.4, -0.2) is 38.0 Å². The molecule has 3 aromatic rings. The molecule has 2 aliphatic heterocycles. The zero-order valence-corrected chi connectivity index (χ0v) is 15.9. The lowest BCUT2D eigenvalue weighted by molar-refractivity contribution is 0.0792. The highest BCUT2D eigenvalue weighted by molar-refractivity contribution is 5.30. The first-order valence-corrected chi connectivity index (χ1v) is 10.2. The van der Waals surface area contributed by atoms with Gasteiger partial charge in [0, 0.05) is 19.3 Å². The Kier molecular flexibility index (Phi) is 4.93. The van der Waals surface area contributed by atoms with Crippen LogP contribution >= 0.6 is 0 Å². The van der Waals surface area contributed by atoms with Crippen LogP contribution in [0.25, 0.3) is 5.69 Å². The first kappa shape index (κ1) is 17.6. The van der Waals surface area contributed by atoms with Crippen LogP contribution < -0.4 is 0 Å². The molecule has 7 nitrogen and oxygen atoms in total. The van der Waals surface area contributed by atoms with Gasteiger partial charge in [-0.15, -0.1) is 10.2 Å². The van der Waals surface area contributed by atoms with Crippen LogP contribution in [-0.2, 0) is 11.3 Å². The van der Waals surface area contributed by atoms with Crippen LogP contribution in [0.5, 0.6) is 0 Å². The fourth-order valence-electron chi connectivity index (χ4n) is 4.12. The summed E-state index contributed by atoms with van der Waals surface area (Å²) in [6.45, 7) is 2.57. The standard InChI is InChI=1S/C21H25N5O2/c1-2-7-17(8-3-1)26-13-11-16(24-26)15-25-12-5-4-9-18(25)20-22-23-21(28-20)19-10-6-14-27-19/h1-3,7-8,11,13,18-19H,4-6,9-10,12,14-15H2/t18-,19-/m1/s1. The molecule has 0 saturated carbocycles. The summed E-state index contributed by atoms with van der Waals surface area (Å²) >= 11 is 0. The van der Waals surface area contributed by atoms with E-state index in [1.807, 2.05) is 29.1 Å². The van der Waals surface area contributed by atoms with Crippen LogP contribution in [0.3, 0.4) is 0 Å². The molecule has 0 N–H and O–H groups in total. The van der Waals surface area contributed by atoms with E-state index in [9.17, 15) is 0 Å². The first-order valence-electron chi connectivity index (χ1n) is 10.2. The predicted molar refractivity (Wildman–Crippen MR) is 103 cm³/mol. The number of hydrogen-bond acceptors (Lipinski definition) is 6. The van der Waals surface area contributed by atoms with Gasteiger partial charge in [-0.05, 0) is 50.4 Å². The molecule has 0 unspecified atom stereocenters. The summed E-state index contributed by atoms with van der Waals surface area (Å²) in [7, 11) is 0. The molecule has 0 amide bonds. The van der Waals surface area contributed by atoms with E-state index in [-0.39, 0.29) is 12.1 Å². The van der Waals surface area contributed by atoms with Gasteiger partial charge in [-0.1, -0.05) is 24.6 Å². The molecule has 2 fully saturated rings. The van der Waals surface area contributed by atoms with Gasteiger partial charge in [0.1, 0.15) is 6.10 Å². The second-order valence-corrected chi connectivity index (χ2v) is 7.55. The maximum absolute atomic E-state index is 6.04. The summed E-state index contributed by atoms with van der Waals surface area (Å²) in [4.78, 5) is 2.41. The highest BCUT2D eigenvalue weighted by Gasteiger charge is 2.31. The van der Waals surface area contributed by atoms with Gasteiger partial charge < -0.3 is 9.15 Å². The van der Waals surface area contributed by atoms with Crippen molar-refractivity contribution in [3.8, 4) is 5.69 Å². The number of ether oxygens (including phenoxy) is 1. The fourth-order valence-corrected chi connectivity index (χ4v) is 4.12. The van der Waals surface area contributed by atoms with E-state index < -0.39 is 0 Å². The second kappa shape index (κ2) is 7.85.